The summed E-state index contributed by atoms with van der Waals surface area (Å²) in [6.07, 6.45) is 0. The molecule has 17 heavy (non-hydrogen) atoms. The number of amides is 1. The summed E-state index contributed by atoms with van der Waals surface area (Å²) in [4.78, 5) is 21.5. The molecular weight excluding hydrogens is 251 g/mol. The number of nitrogens with one attached hydrogen (secondary N) is 1. The lowest BCUT2D eigenvalue weighted by Gasteiger charge is -2.06. The number of benzene rings is 1. The fourth-order valence-electron chi connectivity index (χ4n) is 1.18. The summed E-state index contributed by atoms with van der Waals surface area (Å²) in [6, 6.07) is 2.71. The maximum absolute atomic E-state index is 12.9. The predicted octanol–water partition coefficient (Wildman–Crippen LogP) is 2.09. The van der Waals surface area contributed by atoms with Crippen molar-refractivity contribution in [2.45, 2.75) is 12.3 Å². The molecule has 1 aromatic rings. The van der Waals surface area contributed by atoms with Crippen LogP contribution in [-0.2, 0) is 0 Å². The molecule has 0 spiro atoms. The molecular formula is C10H10ClFN2O3. The summed E-state index contributed by atoms with van der Waals surface area (Å²) in [7, 11) is 0. The topological polar surface area (TPSA) is 72.2 Å². The third-order valence-corrected chi connectivity index (χ3v) is 2.10. The first-order chi connectivity index (χ1) is 7.91. The van der Waals surface area contributed by atoms with Gasteiger partial charge in [0.15, 0.2) is 0 Å². The predicted molar refractivity (Wildman–Crippen MR) is 60.7 cm³/mol. The van der Waals surface area contributed by atoms with Crippen LogP contribution < -0.4 is 5.32 Å². The molecule has 1 unspecified atom stereocenters. The summed E-state index contributed by atoms with van der Waals surface area (Å²) in [6.45, 7) is 1.80. The van der Waals surface area contributed by atoms with Crippen molar-refractivity contribution in [1.82, 2.24) is 5.32 Å². The molecule has 0 aliphatic heterocycles. The third kappa shape index (κ3) is 3.67. The summed E-state index contributed by atoms with van der Waals surface area (Å²) < 4.78 is 12.9. The number of rotatable bonds is 4. The van der Waals surface area contributed by atoms with Crippen molar-refractivity contribution in [3.63, 3.8) is 0 Å². The van der Waals surface area contributed by atoms with Crippen molar-refractivity contribution in [3.8, 4) is 0 Å². The number of carbonyl (C=O) groups is 1. The molecule has 0 bridgehead atoms. The number of alkyl halides is 1. The van der Waals surface area contributed by atoms with E-state index in [1.807, 2.05) is 0 Å². The van der Waals surface area contributed by atoms with Gasteiger partial charge in [-0.05, 0) is 19.1 Å². The first kappa shape index (κ1) is 13.4. The molecule has 0 radical (unpaired) electrons. The van der Waals surface area contributed by atoms with Crippen molar-refractivity contribution >= 4 is 23.2 Å². The van der Waals surface area contributed by atoms with E-state index in [0.717, 1.165) is 18.2 Å². The molecule has 0 aliphatic rings. The monoisotopic (exact) mass is 260 g/mol. The van der Waals surface area contributed by atoms with Crippen LogP contribution in [0.25, 0.3) is 0 Å². The smallest absolute Gasteiger partial charge is 0.282 e. The van der Waals surface area contributed by atoms with Gasteiger partial charge in [-0.2, -0.15) is 0 Å². The maximum Gasteiger partial charge on any atom is 0.282 e. The van der Waals surface area contributed by atoms with Crippen LogP contribution in [-0.4, -0.2) is 22.8 Å². The second-order valence-electron chi connectivity index (χ2n) is 3.41. The van der Waals surface area contributed by atoms with Gasteiger partial charge in [0.25, 0.3) is 11.6 Å². The van der Waals surface area contributed by atoms with Gasteiger partial charge in [-0.1, -0.05) is 0 Å². The van der Waals surface area contributed by atoms with E-state index < -0.39 is 22.3 Å². The lowest BCUT2D eigenvalue weighted by Crippen LogP contribution is -2.29. The molecule has 0 heterocycles. The molecule has 1 amide bonds. The fourth-order valence-corrected chi connectivity index (χ4v) is 1.26. The van der Waals surface area contributed by atoms with E-state index in [2.05, 4.69) is 5.32 Å². The highest BCUT2D eigenvalue weighted by atomic mass is 35.5. The molecule has 1 rings (SSSR count). The molecule has 0 aliphatic carbocycles. The first-order valence-corrected chi connectivity index (χ1v) is 5.21. The van der Waals surface area contributed by atoms with Crippen molar-refractivity contribution in [3.05, 3.63) is 39.7 Å². The minimum atomic E-state index is -0.738. The molecule has 7 heteroatoms. The first-order valence-electron chi connectivity index (χ1n) is 4.78. The molecule has 0 saturated carbocycles. The summed E-state index contributed by atoms with van der Waals surface area (Å²) in [5.74, 6) is -1.43. The van der Waals surface area contributed by atoms with Crippen molar-refractivity contribution in [2.24, 2.45) is 0 Å². The highest BCUT2D eigenvalue weighted by molar-refractivity contribution is 6.20. The number of carbonyl (C=O) groups excluding carboxylic acids is 1. The quantitative estimate of drug-likeness (QED) is 0.512. The van der Waals surface area contributed by atoms with Crippen LogP contribution in [0, 0.1) is 15.9 Å². The van der Waals surface area contributed by atoms with Gasteiger partial charge in [-0.25, -0.2) is 4.39 Å². The number of halogens is 2. The Balaban J connectivity index is 2.98. The van der Waals surface area contributed by atoms with Crippen LogP contribution in [0.1, 0.15) is 17.3 Å². The molecule has 92 valence electrons. The van der Waals surface area contributed by atoms with Crippen LogP contribution >= 0.6 is 11.6 Å². The van der Waals surface area contributed by atoms with Crippen LogP contribution in [0.4, 0.5) is 10.1 Å². The van der Waals surface area contributed by atoms with Gasteiger partial charge >= 0.3 is 0 Å². The lowest BCUT2D eigenvalue weighted by atomic mass is 10.1. The van der Waals surface area contributed by atoms with E-state index in [9.17, 15) is 19.3 Å². The van der Waals surface area contributed by atoms with Gasteiger partial charge in [0.2, 0.25) is 0 Å². The standard InChI is InChI=1S/C10H10ClFN2O3/c1-6(11)5-13-10(15)8-4-7(12)2-3-9(8)14(16)17/h2-4,6H,5H2,1H3,(H,13,15). The van der Waals surface area contributed by atoms with E-state index in [4.69, 9.17) is 11.6 Å². The Kier molecular flexibility index (Phi) is 4.39. The van der Waals surface area contributed by atoms with Crippen LogP contribution in [0.2, 0.25) is 0 Å². The second kappa shape index (κ2) is 5.58. The lowest BCUT2D eigenvalue weighted by molar-refractivity contribution is -0.385. The number of hydrogen-bond donors (Lipinski definition) is 1. The number of nitro groups is 1. The summed E-state index contributed by atoms with van der Waals surface area (Å²) in [5.41, 5.74) is -0.751. The van der Waals surface area contributed by atoms with Gasteiger partial charge in [-0.3, -0.25) is 14.9 Å². The van der Waals surface area contributed by atoms with Crippen LogP contribution in [0.15, 0.2) is 18.2 Å². The van der Waals surface area contributed by atoms with Crippen molar-refractivity contribution in [2.75, 3.05) is 6.54 Å². The normalized spacial score (nSPS) is 11.9. The molecule has 0 fully saturated rings. The SMILES string of the molecule is CC(Cl)CNC(=O)c1cc(F)ccc1[N+](=O)[O-]. The molecule has 5 nitrogen and oxygen atoms in total. The Morgan fingerprint density at radius 1 is 1.65 bits per heavy atom. The van der Waals surface area contributed by atoms with Gasteiger partial charge in [0.05, 0.1) is 4.92 Å². The summed E-state index contributed by atoms with van der Waals surface area (Å²) in [5, 5.41) is 12.7. The molecule has 1 N–H and O–H groups in total. The van der Waals surface area contributed by atoms with E-state index in [1.54, 1.807) is 6.92 Å². The molecule has 1 atom stereocenters. The fraction of sp³-hybridized carbons (Fsp3) is 0.300. The third-order valence-electron chi connectivity index (χ3n) is 1.94. The Morgan fingerprint density at radius 2 is 2.29 bits per heavy atom. The Bertz CT molecular complexity index is 451. The maximum atomic E-state index is 12.9. The van der Waals surface area contributed by atoms with Gasteiger partial charge in [0, 0.05) is 18.0 Å². The number of nitrogens with zero attached hydrogens (tertiary/aromatic N) is 1. The molecule has 1 aromatic carbocycles. The number of hydrogen-bond acceptors (Lipinski definition) is 3. The Morgan fingerprint density at radius 3 is 2.82 bits per heavy atom. The van der Waals surface area contributed by atoms with Gasteiger partial charge in [0.1, 0.15) is 11.4 Å². The second-order valence-corrected chi connectivity index (χ2v) is 4.15. The zero-order valence-corrected chi connectivity index (χ0v) is 9.70. The molecule has 0 saturated heterocycles. The highest BCUT2D eigenvalue weighted by Crippen LogP contribution is 2.19. The van der Waals surface area contributed by atoms with E-state index >= 15 is 0 Å². The average molecular weight is 261 g/mol. The van der Waals surface area contributed by atoms with Crippen molar-refractivity contribution in [1.29, 1.82) is 0 Å². The molecule has 0 aromatic heterocycles. The summed E-state index contributed by atoms with van der Waals surface area (Å²) >= 11 is 5.62. The van der Waals surface area contributed by atoms with E-state index in [0.29, 0.717) is 0 Å². The average Bonchev–Trinajstić information content (AvgIpc) is 2.25. The van der Waals surface area contributed by atoms with Gasteiger partial charge < -0.3 is 5.32 Å². The minimum absolute atomic E-state index is 0.147. The Labute approximate surface area is 102 Å². The van der Waals surface area contributed by atoms with E-state index in [1.165, 1.54) is 0 Å². The van der Waals surface area contributed by atoms with E-state index in [-0.39, 0.29) is 17.5 Å². The van der Waals surface area contributed by atoms with Crippen LogP contribution in [0.3, 0.4) is 0 Å². The van der Waals surface area contributed by atoms with Crippen molar-refractivity contribution < 1.29 is 14.1 Å². The zero-order chi connectivity index (χ0) is 13.0. The van der Waals surface area contributed by atoms with Gasteiger partial charge in [-0.15, -0.1) is 11.6 Å². The Hall–Kier alpha value is -1.69. The highest BCUT2D eigenvalue weighted by Gasteiger charge is 2.20. The largest absolute Gasteiger partial charge is 0.350 e. The zero-order valence-electron chi connectivity index (χ0n) is 8.94. The van der Waals surface area contributed by atoms with Crippen LogP contribution in [0.5, 0.6) is 0 Å². The number of nitro benzene ring substituents is 1. The minimum Gasteiger partial charge on any atom is -0.350 e.